The molecule has 14 nitrogen and oxygen atoms in total. The molecule has 3 rings (SSSR count). The van der Waals surface area contributed by atoms with E-state index in [1.165, 1.54) is 9.80 Å². The van der Waals surface area contributed by atoms with Crippen molar-refractivity contribution in [3.8, 4) is 0 Å². The van der Waals surface area contributed by atoms with Crippen molar-refractivity contribution in [3.05, 3.63) is 35.9 Å². The summed E-state index contributed by atoms with van der Waals surface area (Å²) in [5.41, 5.74) is -0.957. The Morgan fingerprint density at radius 1 is 0.902 bits per heavy atom. The maximum atomic E-state index is 14.2. The Morgan fingerprint density at radius 2 is 1.53 bits per heavy atom. The van der Waals surface area contributed by atoms with Gasteiger partial charge in [-0.05, 0) is 69.3 Å². The number of amides is 6. The van der Waals surface area contributed by atoms with Crippen molar-refractivity contribution in [1.29, 1.82) is 0 Å². The molecule has 1 aliphatic carbocycles. The predicted molar refractivity (Wildman–Crippen MR) is 190 cm³/mol. The van der Waals surface area contributed by atoms with Gasteiger partial charge in [0.15, 0.2) is 0 Å². The van der Waals surface area contributed by atoms with Crippen LogP contribution in [0.4, 0.5) is 4.79 Å². The first-order valence-corrected chi connectivity index (χ1v) is 17.6. The lowest BCUT2D eigenvalue weighted by Gasteiger charge is -2.40. The molecule has 0 radical (unpaired) electrons. The Hall–Kier alpha value is -4.49. The molecule has 51 heavy (non-hydrogen) atoms. The first kappa shape index (κ1) is 40.9. The summed E-state index contributed by atoms with van der Waals surface area (Å²) < 4.78 is 5.43. The van der Waals surface area contributed by atoms with Gasteiger partial charge in [0.25, 0.3) is 5.91 Å². The minimum absolute atomic E-state index is 0.0971. The molecule has 3 unspecified atom stereocenters. The summed E-state index contributed by atoms with van der Waals surface area (Å²) in [5, 5.41) is 10.4. The average Bonchev–Trinajstić information content (AvgIpc) is 3.65. The van der Waals surface area contributed by atoms with Crippen molar-refractivity contribution in [2.45, 2.75) is 117 Å². The van der Waals surface area contributed by atoms with Gasteiger partial charge in [-0.15, -0.1) is 0 Å². The van der Waals surface area contributed by atoms with E-state index in [1.807, 2.05) is 34.6 Å². The molecule has 0 spiro atoms. The summed E-state index contributed by atoms with van der Waals surface area (Å²) in [4.78, 5) is 96.0. The molecule has 2 fully saturated rings. The molecular formula is C37H56N6O8. The van der Waals surface area contributed by atoms with Crippen LogP contribution in [-0.4, -0.2) is 102 Å². The van der Waals surface area contributed by atoms with E-state index in [1.54, 1.807) is 65.2 Å². The fraction of sp³-hybridized carbons (Fsp3) is 0.649. The van der Waals surface area contributed by atoms with Gasteiger partial charge in [0.2, 0.25) is 29.4 Å². The van der Waals surface area contributed by atoms with E-state index in [0.29, 0.717) is 24.8 Å². The first-order valence-electron chi connectivity index (χ1n) is 17.6. The Morgan fingerprint density at radius 3 is 2.08 bits per heavy atom. The number of likely N-dealkylation sites (N-methyl/N-ethyl adjacent to an activating group) is 1. The van der Waals surface area contributed by atoms with Gasteiger partial charge < -0.3 is 35.8 Å². The molecule has 1 heterocycles. The van der Waals surface area contributed by atoms with Crippen molar-refractivity contribution in [3.63, 3.8) is 0 Å². The second-order valence-corrected chi connectivity index (χ2v) is 16.2. The summed E-state index contributed by atoms with van der Waals surface area (Å²) in [5.74, 6) is -4.30. The molecule has 1 aromatic carbocycles. The number of carbonyl (C=O) groups excluding carboxylic acids is 7. The first-order chi connectivity index (χ1) is 23.6. The molecule has 6 atom stereocenters. The number of alkyl carbamates (subject to hydrolysis) is 1. The SMILES string of the molecule is CC(C)CC(NC(=O)[C@@H]1C2CCC(C2)N1C(=O)[C@@H](NC(=O)OC(C)(C)C)C(C)(C)C)C(=O)C(=O)NCC(=O)N[C@H](C(=O)N(C)C)c1ccccc1. The van der Waals surface area contributed by atoms with Crippen LogP contribution in [0.1, 0.15) is 92.7 Å². The Balaban J connectivity index is 1.74. The minimum Gasteiger partial charge on any atom is -0.444 e. The largest absolute Gasteiger partial charge is 0.444 e. The summed E-state index contributed by atoms with van der Waals surface area (Å²) in [7, 11) is 3.12. The Kier molecular flexibility index (Phi) is 13.4. The number of nitrogens with zero attached hydrogens (tertiary/aromatic N) is 2. The molecule has 2 bridgehead atoms. The number of nitrogens with one attached hydrogen (secondary N) is 4. The normalized spacial score (nSPS) is 20.1. The van der Waals surface area contributed by atoms with Crippen molar-refractivity contribution in [1.82, 2.24) is 31.1 Å². The summed E-state index contributed by atoms with van der Waals surface area (Å²) in [6.45, 7) is 13.7. The molecule has 282 valence electrons. The molecule has 1 saturated carbocycles. The number of ether oxygens (including phenoxy) is 1. The van der Waals surface area contributed by atoms with Crippen LogP contribution in [0, 0.1) is 17.3 Å². The number of piperidine rings is 1. The fourth-order valence-electron chi connectivity index (χ4n) is 6.64. The van der Waals surface area contributed by atoms with Crippen molar-refractivity contribution in [2.24, 2.45) is 17.3 Å². The highest BCUT2D eigenvalue weighted by atomic mass is 16.6. The molecule has 6 amide bonds. The van der Waals surface area contributed by atoms with E-state index in [2.05, 4.69) is 21.3 Å². The van der Waals surface area contributed by atoms with Gasteiger partial charge >= 0.3 is 6.09 Å². The number of ketones is 1. The second-order valence-electron chi connectivity index (χ2n) is 16.2. The molecule has 2 aliphatic rings. The van der Waals surface area contributed by atoms with Crippen LogP contribution < -0.4 is 21.3 Å². The number of hydrogen-bond acceptors (Lipinski definition) is 8. The third-order valence-electron chi connectivity index (χ3n) is 8.98. The molecule has 14 heteroatoms. The van der Waals surface area contributed by atoms with Gasteiger partial charge in [0.05, 0.1) is 12.6 Å². The zero-order chi connectivity index (χ0) is 38.4. The monoisotopic (exact) mass is 712 g/mol. The van der Waals surface area contributed by atoms with E-state index < -0.39 is 77.2 Å². The summed E-state index contributed by atoms with van der Waals surface area (Å²) >= 11 is 0. The lowest BCUT2D eigenvalue weighted by molar-refractivity contribution is -0.147. The van der Waals surface area contributed by atoms with Crippen LogP contribution >= 0.6 is 0 Å². The minimum atomic E-state index is -1.22. The number of carbonyl (C=O) groups is 7. The highest BCUT2D eigenvalue weighted by molar-refractivity contribution is 6.38. The standard InChI is InChI=1S/C37H56N6O8/c1-21(2)18-25(29(45)32(47)38-20-26(44)40-27(33(48)42(9)10)22-14-12-11-13-15-22)39-31(46)28-23-16-17-24(19-23)43(28)34(49)30(36(3,4)5)41-35(50)51-37(6,7)8/h11-15,21,23-25,27-28,30H,16-20H2,1-10H3,(H,38,47)(H,39,46)(H,40,44)(H,41,50)/t23?,24?,25?,27-,28-,30+/m0/s1. The number of fused-ring (bicyclic) bond motifs is 2. The maximum absolute atomic E-state index is 14.2. The van der Waals surface area contributed by atoms with E-state index >= 15 is 0 Å². The van der Waals surface area contributed by atoms with Crippen molar-refractivity contribution < 1.29 is 38.3 Å². The van der Waals surface area contributed by atoms with Gasteiger partial charge in [0, 0.05) is 20.1 Å². The fourth-order valence-corrected chi connectivity index (χ4v) is 6.64. The van der Waals surface area contributed by atoms with E-state index in [0.717, 1.165) is 0 Å². The Labute approximate surface area is 301 Å². The lowest BCUT2D eigenvalue weighted by Crippen LogP contribution is -2.62. The lowest BCUT2D eigenvalue weighted by atomic mass is 9.85. The van der Waals surface area contributed by atoms with Gasteiger partial charge in [-0.3, -0.25) is 28.8 Å². The van der Waals surface area contributed by atoms with Gasteiger partial charge in [-0.1, -0.05) is 65.0 Å². The molecule has 1 saturated heterocycles. The van der Waals surface area contributed by atoms with E-state index in [4.69, 9.17) is 4.74 Å². The highest BCUT2D eigenvalue weighted by Gasteiger charge is 2.54. The summed E-state index contributed by atoms with van der Waals surface area (Å²) in [6.07, 6.45) is 1.41. The van der Waals surface area contributed by atoms with Crippen LogP contribution in [0.15, 0.2) is 30.3 Å². The number of rotatable bonds is 13. The topological polar surface area (TPSA) is 183 Å². The number of Topliss-reactive ketones (excluding diaryl/α,β-unsaturated/α-hetero) is 1. The number of likely N-dealkylation sites (tertiary alicyclic amines) is 1. The number of hydrogen-bond donors (Lipinski definition) is 4. The highest BCUT2D eigenvalue weighted by Crippen LogP contribution is 2.43. The molecular weight excluding hydrogens is 656 g/mol. The maximum Gasteiger partial charge on any atom is 0.408 e. The van der Waals surface area contributed by atoms with Crippen LogP contribution in [0.5, 0.6) is 0 Å². The Bertz CT molecular complexity index is 1470. The zero-order valence-electron chi connectivity index (χ0n) is 31.6. The van der Waals surface area contributed by atoms with Crippen LogP contribution in [0.2, 0.25) is 0 Å². The van der Waals surface area contributed by atoms with Gasteiger partial charge in [-0.2, -0.15) is 0 Å². The van der Waals surface area contributed by atoms with Crippen LogP contribution in [0.3, 0.4) is 0 Å². The predicted octanol–water partition coefficient (Wildman–Crippen LogP) is 2.47. The van der Waals surface area contributed by atoms with Crippen molar-refractivity contribution in [2.75, 3.05) is 20.6 Å². The average molecular weight is 713 g/mol. The van der Waals surface area contributed by atoms with E-state index in [-0.39, 0.29) is 30.2 Å². The quantitative estimate of drug-likeness (QED) is 0.225. The second kappa shape index (κ2) is 16.7. The smallest absolute Gasteiger partial charge is 0.408 e. The van der Waals surface area contributed by atoms with Gasteiger partial charge in [-0.25, -0.2) is 4.79 Å². The molecule has 0 aromatic heterocycles. The van der Waals surface area contributed by atoms with Crippen LogP contribution in [-0.2, 0) is 33.5 Å². The molecule has 1 aliphatic heterocycles. The van der Waals surface area contributed by atoms with E-state index in [9.17, 15) is 33.6 Å². The van der Waals surface area contributed by atoms with Crippen molar-refractivity contribution >= 4 is 41.4 Å². The number of benzene rings is 1. The van der Waals surface area contributed by atoms with Crippen LogP contribution in [0.25, 0.3) is 0 Å². The third-order valence-corrected chi connectivity index (χ3v) is 8.98. The zero-order valence-corrected chi connectivity index (χ0v) is 31.6. The third kappa shape index (κ3) is 11.0. The molecule has 4 N–H and O–H groups in total. The summed E-state index contributed by atoms with van der Waals surface area (Å²) in [6, 6.07) is 4.29. The van der Waals surface area contributed by atoms with Gasteiger partial charge in [0.1, 0.15) is 23.7 Å². The molecule has 1 aromatic rings.